The highest BCUT2D eigenvalue weighted by Crippen LogP contribution is 2.46. The largest absolute Gasteiger partial charge is 0.342 e. The first-order valence-corrected chi connectivity index (χ1v) is 8.27. The lowest BCUT2D eigenvalue weighted by Crippen LogP contribution is -2.43. The van der Waals surface area contributed by atoms with E-state index in [1.165, 1.54) is 38.5 Å². The number of benzene rings is 1. The van der Waals surface area contributed by atoms with E-state index >= 15 is 0 Å². The second-order valence-electron chi connectivity index (χ2n) is 6.74. The number of amides is 1. The molecule has 3 nitrogen and oxygen atoms in total. The fraction of sp³-hybridized carbons (Fsp3) is 0.611. The van der Waals surface area contributed by atoms with Gasteiger partial charge in [-0.05, 0) is 42.2 Å². The molecule has 0 aromatic heterocycles. The molecule has 2 aliphatic rings. The first-order valence-electron chi connectivity index (χ1n) is 8.27. The quantitative estimate of drug-likeness (QED) is 0.928. The number of nitrogens with zero attached hydrogens (tertiary/aromatic N) is 1. The Kier molecular flexibility index (Phi) is 4.29. The molecule has 1 aliphatic carbocycles. The van der Waals surface area contributed by atoms with Crippen molar-refractivity contribution in [2.45, 2.75) is 51.5 Å². The summed E-state index contributed by atoms with van der Waals surface area (Å²) >= 11 is 0. The van der Waals surface area contributed by atoms with Crippen LogP contribution in [0.5, 0.6) is 0 Å². The van der Waals surface area contributed by atoms with Crippen LogP contribution in [0.1, 0.15) is 49.7 Å². The molecule has 1 aliphatic heterocycles. The molecule has 21 heavy (non-hydrogen) atoms. The summed E-state index contributed by atoms with van der Waals surface area (Å²) in [6, 6.07) is 8.03. The Morgan fingerprint density at radius 2 is 1.67 bits per heavy atom. The third-order valence-electron chi connectivity index (χ3n) is 5.52. The highest BCUT2D eigenvalue weighted by Gasteiger charge is 2.37. The lowest BCUT2D eigenvalue weighted by atomic mass is 9.77. The van der Waals surface area contributed by atoms with E-state index in [1.54, 1.807) is 0 Å². The van der Waals surface area contributed by atoms with Crippen LogP contribution in [0.2, 0.25) is 0 Å². The zero-order valence-corrected chi connectivity index (χ0v) is 12.8. The summed E-state index contributed by atoms with van der Waals surface area (Å²) in [4.78, 5) is 14.6. The fourth-order valence-electron chi connectivity index (χ4n) is 4.06. The standard InChI is InChI=1S/C18H26N2O/c19-14-16-6-2-1-5-15(16)13-17(21)20-11-9-18(10-12-20)7-3-4-8-18/h1-2,5-6H,3-4,7-14,19H2. The summed E-state index contributed by atoms with van der Waals surface area (Å²) in [6.45, 7) is 2.40. The summed E-state index contributed by atoms with van der Waals surface area (Å²) in [7, 11) is 0. The normalized spacial score (nSPS) is 20.9. The average Bonchev–Trinajstić information content (AvgIpc) is 2.96. The summed E-state index contributed by atoms with van der Waals surface area (Å²) in [5.41, 5.74) is 8.52. The number of hydrogen-bond donors (Lipinski definition) is 1. The maximum Gasteiger partial charge on any atom is 0.227 e. The summed E-state index contributed by atoms with van der Waals surface area (Å²) in [5, 5.41) is 0. The van der Waals surface area contributed by atoms with E-state index in [9.17, 15) is 4.79 Å². The van der Waals surface area contributed by atoms with Crippen LogP contribution in [-0.2, 0) is 17.8 Å². The molecule has 3 heteroatoms. The Hall–Kier alpha value is -1.35. The summed E-state index contributed by atoms with van der Waals surface area (Å²) in [6.07, 6.45) is 8.45. The van der Waals surface area contributed by atoms with Crippen LogP contribution in [0.4, 0.5) is 0 Å². The van der Waals surface area contributed by atoms with Crippen LogP contribution in [0.15, 0.2) is 24.3 Å². The molecular formula is C18H26N2O. The lowest BCUT2D eigenvalue weighted by molar-refractivity contribution is -0.132. The maximum absolute atomic E-state index is 12.5. The lowest BCUT2D eigenvalue weighted by Gasteiger charge is -2.39. The SMILES string of the molecule is NCc1ccccc1CC(=O)N1CCC2(CCCC2)CC1. The first-order chi connectivity index (χ1) is 10.2. The monoisotopic (exact) mass is 286 g/mol. The Balaban J connectivity index is 1.59. The van der Waals surface area contributed by atoms with Crippen LogP contribution in [0, 0.1) is 5.41 Å². The highest BCUT2D eigenvalue weighted by atomic mass is 16.2. The van der Waals surface area contributed by atoms with Crippen molar-refractivity contribution in [3.05, 3.63) is 35.4 Å². The fourth-order valence-corrected chi connectivity index (χ4v) is 4.06. The Morgan fingerprint density at radius 3 is 2.29 bits per heavy atom. The molecule has 1 aromatic carbocycles. The molecule has 0 radical (unpaired) electrons. The van der Waals surface area contributed by atoms with Gasteiger partial charge in [-0.15, -0.1) is 0 Å². The number of hydrogen-bond acceptors (Lipinski definition) is 2. The van der Waals surface area contributed by atoms with Crippen molar-refractivity contribution in [1.29, 1.82) is 0 Å². The van der Waals surface area contributed by atoms with Gasteiger partial charge in [0.15, 0.2) is 0 Å². The van der Waals surface area contributed by atoms with Crippen LogP contribution in [-0.4, -0.2) is 23.9 Å². The zero-order chi connectivity index (χ0) is 14.7. The first kappa shape index (κ1) is 14.6. The van der Waals surface area contributed by atoms with Crippen molar-refractivity contribution < 1.29 is 4.79 Å². The van der Waals surface area contributed by atoms with Crippen LogP contribution in [0.3, 0.4) is 0 Å². The Morgan fingerprint density at radius 1 is 1.05 bits per heavy atom. The molecule has 1 aromatic rings. The van der Waals surface area contributed by atoms with Crippen LogP contribution < -0.4 is 5.73 Å². The topological polar surface area (TPSA) is 46.3 Å². The molecule has 0 bridgehead atoms. The molecular weight excluding hydrogens is 260 g/mol. The maximum atomic E-state index is 12.5. The second-order valence-corrected chi connectivity index (χ2v) is 6.74. The minimum Gasteiger partial charge on any atom is -0.342 e. The molecule has 3 rings (SSSR count). The number of carbonyl (C=O) groups excluding carboxylic acids is 1. The molecule has 2 fully saturated rings. The van der Waals surface area contributed by atoms with Crippen molar-refractivity contribution in [3.63, 3.8) is 0 Å². The van der Waals surface area contributed by atoms with Gasteiger partial charge < -0.3 is 10.6 Å². The van der Waals surface area contributed by atoms with E-state index in [0.717, 1.165) is 24.2 Å². The molecule has 1 saturated carbocycles. The van der Waals surface area contributed by atoms with Gasteiger partial charge in [0.05, 0.1) is 6.42 Å². The Bertz CT molecular complexity index is 496. The third kappa shape index (κ3) is 3.13. The highest BCUT2D eigenvalue weighted by molar-refractivity contribution is 5.79. The van der Waals surface area contributed by atoms with Gasteiger partial charge >= 0.3 is 0 Å². The molecule has 1 spiro atoms. The van der Waals surface area contributed by atoms with E-state index in [4.69, 9.17) is 5.73 Å². The summed E-state index contributed by atoms with van der Waals surface area (Å²) < 4.78 is 0. The van der Waals surface area contributed by atoms with Crippen molar-refractivity contribution in [2.24, 2.45) is 11.1 Å². The molecule has 0 atom stereocenters. The zero-order valence-electron chi connectivity index (χ0n) is 12.8. The number of carbonyl (C=O) groups is 1. The van der Waals surface area contributed by atoms with Crippen molar-refractivity contribution in [1.82, 2.24) is 4.90 Å². The van der Waals surface area contributed by atoms with E-state index < -0.39 is 0 Å². The molecule has 0 unspecified atom stereocenters. The molecule has 1 amide bonds. The molecule has 2 N–H and O–H groups in total. The van der Waals surface area contributed by atoms with Crippen LogP contribution in [0.25, 0.3) is 0 Å². The second kappa shape index (κ2) is 6.18. The third-order valence-corrected chi connectivity index (χ3v) is 5.52. The predicted octanol–water partition coefficient (Wildman–Crippen LogP) is 2.87. The minimum atomic E-state index is 0.267. The van der Waals surface area contributed by atoms with E-state index in [2.05, 4.69) is 4.90 Å². The van der Waals surface area contributed by atoms with Gasteiger partial charge in [0.25, 0.3) is 0 Å². The van der Waals surface area contributed by atoms with Gasteiger partial charge in [-0.3, -0.25) is 4.79 Å². The van der Waals surface area contributed by atoms with Crippen molar-refractivity contribution >= 4 is 5.91 Å². The minimum absolute atomic E-state index is 0.267. The van der Waals surface area contributed by atoms with E-state index in [-0.39, 0.29) is 5.91 Å². The predicted molar refractivity (Wildman–Crippen MR) is 84.8 cm³/mol. The Labute approximate surface area is 127 Å². The van der Waals surface area contributed by atoms with Gasteiger partial charge in [0.2, 0.25) is 5.91 Å². The van der Waals surface area contributed by atoms with Gasteiger partial charge in [-0.1, -0.05) is 37.1 Å². The van der Waals surface area contributed by atoms with Gasteiger partial charge in [-0.25, -0.2) is 0 Å². The number of piperidine rings is 1. The molecule has 1 saturated heterocycles. The van der Waals surface area contributed by atoms with Gasteiger partial charge in [0.1, 0.15) is 0 Å². The average molecular weight is 286 g/mol. The van der Waals surface area contributed by atoms with Crippen molar-refractivity contribution in [3.8, 4) is 0 Å². The number of rotatable bonds is 3. The number of likely N-dealkylation sites (tertiary alicyclic amines) is 1. The van der Waals surface area contributed by atoms with Gasteiger partial charge in [0, 0.05) is 19.6 Å². The van der Waals surface area contributed by atoms with E-state index in [1.807, 2.05) is 24.3 Å². The number of nitrogens with two attached hydrogens (primary N) is 1. The van der Waals surface area contributed by atoms with Crippen LogP contribution >= 0.6 is 0 Å². The summed E-state index contributed by atoms with van der Waals surface area (Å²) in [5.74, 6) is 0.267. The molecule has 114 valence electrons. The molecule has 1 heterocycles. The van der Waals surface area contributed by atoms with Crippen molar-refractivity contribution in [2.75, 3.05) is 13.1 Å². The van der Waals surface area contributed by atoms with Gasteiger partial charge in [-0.2, -0.15) is 0 Å². The van der Waals surface area contributed by atoms with E-state index in [0.29, 0.717) is 18.4 Å². The smallest absolute Gasteiger partial charge is 0.227 e.